The Kier molecular flexibility index (Phi) is 6.89. The Balaban J connectivity index is 1.57. The van der Waals surface area contributed by atoms with E-state index in [4.69, 9.17) is 4.74 Å². The topological polar surface area (TPSA) is 71.4 Å². The van der Waals surface area contributed by atoms with Crippen molar-refractivity contribution >= 4 is 5.96 Å². The molecule has 0 atom stereocenters. The van der Waals surface area contributed by atoms with Crippen LogP contribution in [0.15, 0.2) is 72.0 Å². The Morgan fingerprint density at radius 2 is 2.00 bits per heavy atom. The molecule has 0 radical (unpaired) electrons. The van der Waals surface area contributed by atoms with Crippen LogP contribution in [-0.2, 0) is 13.1 Å². The van der Waals surface area contributed by atoms with Gasteiger partial charge in [-0.15, -0.1) is 0 Å². The summed E-state index contributed by atoms with van der Waals surface area (Å²) in [6.45, 7) is 3.82. The zero-order valence-electron chi connectivity index (χ0n) is 15.6. The van der Waals surface area contributed by atoms with E-state index in [2.05, 4.69) is 25.6 Å². The molecule has 0 saturated heterocycles. The van der Waals surface area contributed by atoms with Crippen LogP contribution in [0.1, 0.15) is 18.2 Å². The van der Waals surface area contributed by atoms with Crippen LogP contribution < -0.4 is 15.4 Å². The molecule has 3 rings (SSSR count). The predicted octanol–water partition coefficient (Wildman–Crippen LogP) is 3.66. The summed E-state index contributed by atoms with van der Waals surface area (Å²) >= 11 is 0. The molecule has 0 unspecified atom stereocenters. The molecular weight excluding hydrogens is 357 g/mol. The van der Waals surface area contributed by atoms with Crippen molar-refractivity contribution in [3.8, 4) is 11.6 Å². The molecule has 28 heavy (non-hydrogen) atoms. The second-order valence-corrected chi connectivity index (χ2v) is 5.93. The average molecular weight is 379 g/mol. The number of halogens is 1. The fourth-order valence-electron chi connectivity index (χ4n) is 2.41. The Bertz CT molecular complexity index is 900. The zero-order chi connectivity index (χ0) is 19.6. The highest BCUT2D eigenvalue weighted by molar-refractivity contribution is 5.79. The first-order valence-electron chi connectivity index (χ1n) is 9.03. The lowest BCUT2D eigenvalue weighted by molar-refractivity contribution is 0.457. The summed E-state index contributed by atoms with van der Waals surface area (Å²) < 4.78 is 18.8. The van der Waals surface area contributed by atoms with Gasteiger partial charge in [0, 0.05) is 31.1 Å². The quantitative estimate of drug-likeness (QED) is 0.484. The van der Waals surface area contributed by atoms with Gasteiger partial charge in [-0.05, 0) is 36.8 Å². The van der Waals surface area contributed by atoms with Gasteiger partial charge >= 0.3 is 0 Å². The first-order valence-corrected chi connectivity index (χ1v) is 9.03. The highest BCUT2D eigenvalue weighted by Crippen LogP contribution is 2.20. The van der Waals surface area contributed by atoms with E-state index in [1.807, 2.05) is 31.2 Å². The van der Waals surface area contributed by atoms with Crippen molar-refractivity contribution in [2.45, 2.75) is 20.0 Å². The van der Waals surface area contributed by atoms with Gasteiger partial charge in [-0.3, -0.25) is 4.98 Å². The van der Waals surface area contributed by atoms with Crippen LogP contribution in [-0.4, -0.2) is 22.5 Å². The summed E-state index contributed by atoms with van der Waals surface area (Å²) in [6, 6.07) is 15.4. The predicted molar refractivity (Wildman–Crippen MR) is 107 cm³/mol. The van der Waals surface area contributed by atoms with Gasteiger partial charge in [0.2, 0.25) is 5.88 Å². The van der Waals surface area contributed by atoms with Gasteiger partial charge in [0.05, 0.1) is 18.8 Å². The number of guanidine groups is 1. The van der Waals surface area contributed by atoms with Gasteiger partial charge < -0.3 is 15.4 Å². The first-order chi connectivity index (χ1) is 13.7. The summed E-state index contributed by atoms with van der Waals surface area (Å²) in [6.07, 6.45) is 3.46. The Labute approximate surface area is 163 Å². The molecule has 2 heterocycles. The van der Waals surface area contributed by atoms with Gasteiger partial charge in [0.15, 0.2) is 5.96 Å². The van der Waals surface area contributed by atoms with Gasteiger partial charge in [0.1, 0.15) is 11.6 Å². The molecule has 6 nitrogen and oxygen atoms in total. The number of aromatic nitrogens is 2. The molecule has 144 valence electrons. The smallest absolute Gasteiger partial charge is 0.219 e. The van der Waals surface area contributed by atoms with Crippen LogP contribution >= 0.6 is 0 Å². The number of ether oxygens (including phenoxy) is 1. The largest absolute Gasteiger partial charge is 0.439 e. The first kappa shape index (κ1) is 19.3. The van der Waals surface area contributed by atoms with E-state index < -0.39 is 0 Å². The van der Waals surface area contributed by atoms with E-state index in [0.29, 0.717) is 30.7 Å². The van der Waals surface area contributed by atoms with Crippen LogP contribution in [0.5, 0.6) is 11.6 Å². The fraction of sp³-hybridized carbons (Fsp3) is 0.190. The zero-order valence-corrected chi connectivity index (χ0v) is 15.6. The van der Waals surface area contributed by atoms with Crippen LogP contribution in [0, 0.1) is 5.82 Å². The molecule has 0 aliphatic carbocycles. The Morgan fingerprint density at radius 1 is 1.07 bits per heavy atom. The highest BCUT2D eigenvalue weighted by atomic mass is 19.1. The molecule has 3 aromatic rings. The summed E-state index contributed by atoms with van der Waals surface area (Å²) in [5.74, 6) is 1.16. The molecule has 0 bridgehead atoms. The van der Waals surface area contributed by atoms with Gasteiger partial charge in [-0.2, -0.15) is 0 Å². The van der Waals surface area contributed by atoms with Gasteiger partial charge in [-0.1, -0.05) is 18.2 Å². The lowest BCUT2D eigenvalue weighted by Crippen LogP contribution is -2.37. The second-order valence-electron chi connectivity index (χ2n) is 5.93. The SMILES string of the molecule is CCNC(=NCc1ccc(Oc2cccc(F)c2)nc1)NCc1ccccn1. The Morgan fingerprint density at radius 3 is 2.71 bits per heavy atom. The summed E-state index contributed by atoms with van der Waals surface area (Å²) in [4.78, 5) is 13.1. The molecule has 2 aromatic heterocycles. The van der Waals surface area contributed by atoms with Crippen molar-refractivity contribution in [1.29, 1.82) is 0 Å². The lowest BCUT2D eigenvalue weighted by Gasteiger charge is -2.11. The van der Waals surface area contributed by atoms with Crippen LogP contribution in [0.3, 0.4) is 0 Å². The lowest BCUT2D eigenvalue weighted by atomic mass is 10.3. The van der Waals surface area contributed by atoms with Crippen molar-refractivity contribution in [2.24, 2.45) is 4.99 Å². The van der Waals surface area contributed by atoms with Crippen molar-refractivity contribution in [3.05, 3.63) is 84.1 Å². The number of nitrogens with zero attached hydrogens (tertiary/aromatic N) is 3. The van der Waals surface area contributed by atoms with Crippen LogP contribution in [0.2, 0.25) is 0 Å². The van der Waals surface area contributed by atoms with E-state index in [1.165, 1.54) is 12.1 Å². The Hall–Kier alpha value is -3.48. The third kappa shape index (κ3) is 6.05. The van der Waals surface area contributed by atoms with Crippen molar-refractivity contribution in [1.82, 2.24) is 20.6 Å². The third-order valence-corrected chi connectivity index (χ3v) is 3.74. The standard InChI is InChI=1S/C21H22FN5O/c1-2-23-21(27-15-18-7-3-4-11-24-18)26-14-16-9-10-20(25-13-16)28-19-8-5-6-17(22)12-19/h3-13H,2,14-15H2,1H3,(H2,23,26,27). The maximum Gasteiger partial charge on any atom is 0.219 e. The van der Waals surface area contributed by atoms with Gasteiger partial charge in [-0.25, -0.2) is 14.4 Å². The van der Waals surface area contributed by atoms with E-state index in [0.717, 1.165) is 17.8 Å². The average Bonchev–Trinajstić information content (AvgIpc) is 2.72. The normalized spacial score (nSPS) is 11.1. The molecule has 1 aromatic carbocycles. The minimum atomic E-state index is -0.349. The number of nitrogens with one attached hydrogen (secondary N) is 2. The second kappa shape index (κ2) is 10.0. The summed E-state index contributed by atoms with van der Waals surface area (Å²) in [7, 11) is 0. The fourth-order valence-corrected chi connectivity index (χ4v) is 2.41. The highest BCUT2D eigenvalue weighted by Gasteiger charge is 2.02. The number of rotatable bonds is 7. The molecule has 0 fully saturated rings. The molecule has 7 heteroatoms. The summed E-state index contributed by atoms with van der Waals surface area (Å²) in [5.41, 5.74) is 1.87. The number of hydrogen-bond acceptors (Lipinski definition) is 4. The van der Waals surface area contributed by atoms with Crippen LogP contribution in [0.4, 0.5) is 4.39 Å². The molecule has 0 saturated carbocycles. The number of hydrogen-bond donors (Lipinski definition) is 2. The van der Waals surface area contributed by atoms with Crippen molar-refractivity contribution in [2.75, 3.05) is 6.54 Å². The molecule has 0 amide bonds. The maximum absolute atomic E-state index is 13.2. The van der Waals surface area contributed by atoms with Crippen LogP contribution in [0.25, 0.3) is 0 Å². The molecule has 0 aliphatic heterocycles. The molecule has 0 spiro atoms. The van der Waals surface area contributed by atoms with Crippen molar-refractivity contribution < 1.29 is 9.13 Å². The van der Waals surface area contributed by atoms with E-state index >= 15 is 0 Å². The van der Waals surface area contributed by atoms with E-state index in [9.17, 15) is 4.39 Å². The molecule has 2 N–H and O–H groups in total. The van der Waals surface area contributed by atoms with E-state index in [1.54, 1.807) is 30.6 Å². The molecular formula is C21H22FN5O. The third-order valence-electron chi connectivity index (χ3n) is 3.74. The minimum Gasteiger partial charge on any atom is -0.439 e. The monoisotopic (exact) mass is 379 g/mol. The number of aliphatic imine (C=N–C) groups is 1. The van der Waals surface area contributed by atoms with E-state index in [-0.39, 0.29) is 5.82 Å². The number of benzene rings is 1. The minimum absolute atomic E-state index is 0.349. The number of pyridine rings is 2. The maximum atomic E-state index is 13.2. The summed E-state index contributed by atoms with van der Waals surface area (Å²) in [5, 5.41) is 6.46. The molecule has 0 aliphatic rings. The van der Waals surface area contributed by atoms with Crippen molar-refractivity contribution in [3.63, 3.8) is 0 Å². The van der Waals surface area contributed by atoms with Gasteiger partial charge in [0.25, 0.3) is 0 Å².